The maximum absolute atomic E-state index is 13.0. The van der Waals surface area contributed by atoms with Crippen molar-refractivity contribution in [3.05, 3.63) is 40.6 Å². The minimum Gasteiger partial charge on any atom is -0.496 e. The largest absolute Gasteiger partial charge is 0.496 e. The van der Waals surface area contributed by atoms with Crippen LogP contribution in [0.3, 0.4) is 0 Å². The van der Waals surface area contributed by atoms with Gasteiger partial charge < -0.3 is 4.74 Å². The van der Waals surface area contributed by atoms with E-state index in [1.807, 2.05) is 18.2 Å². The zero-order valence-electron chi connectivity index (χ0n) is 16.3. The van der Waals surface area contributed by atoms with E-state index in [0.29, 0.717) is 30.2 Å². The number of carbonyl (C=O) groups is 1. The summed E-state index contributed by atoms with van der Waals surface area (Å²) in [7, 11) is -2.16. The molecule has 2 aromatic heterocycles. The highest BCUT2D eigenvalue weighted by atomic mass is 32.2. The van der Waals surface area contributed by atoms with E-state index in [1.54, 1.807) is 18.6 Å². The summed E-state index contributed by atoms with van der Waals surface area (Å²) in [4.78, 5) is 17.2. The lowest BCUT2D eigenvalue weighted by molar-refractivity contribution is 0.102. The third kappa shape index (κ3) is 3.95. The first-order valence-corrected chi connectivity index (χ1v) is 11.8. The Morgan fingerprint density at radius 2 is 1.97 bits per heavy atom. The van der Waals surface area contributed by atoms with Gasteiger partial charge in [-0.25, -0.2) is 8.42 Å². The van der Waals surface area contributed by atoms with Crippen LogP contribution in [0.15, 0.2) is 40.6 Å². The highest BCUT2D eigenvalue weighted by Crippen LogP contribution is 2.29. The molecule has 1 aromatic carbocycles. The van der Waals surface area contributed by atoms with Crippen LogP contribution in [0.25, 0.3) is 11.4 Å². The number of anilines is 1. The Balaban J connectivity index is 1.55. The normalized spacial score (nSPS) is 15.1. The number of methoxy groups -OCH3 is 1. The molecule has 0 atom stereocenters. The Kier molecular flexibility index (Phi) is 5.84. The summed E-state index contributed by atoms with van der Waals surface area (Å²) < 4.78 is 32.7. The van der Waals surface area contributed by atoms with E-state index in [0.717, 1.165) is 30.6 Å². The van der Waals surface area contributed by atoms with Gasteiger partial charge >= 0.3 is 0 Å². The highest BCUT2D eigenvalue weighted by molar-refractivity contribution is 7.89. The predicted molar refractivity (Wildman–Crippen MR) is 113 cm³/mol. The predicted octanol–water partition coefficient (Wildman–Crippen LogP) is 2.97. The van der Waals surface area contributed by atoms with Crippen LogP contribution in [0.2, 0.25) is 0 Å². The van der Waals surface area contributed by atoms with Gasteiger partial charge in [0.15, 0.2) is 5.82 Å². The maximum atomic E-state index is 13.0. The van der Waals surface area contributed by atoms with Crippen molar-refractivity contribution in [3.8, 4) is 17.1 Å². The molecule has 2 N–H and O–H groups in total. The SMILES string of the molecule is COc1ccccc1-c1nc(NC(=O)c2sccc2S(=O)(=O)N2CCCCC2)n[nH]1. The number of piperidine rings is 1. The topological polar surface area (TPSA) is 117 Å². The molecule has 0 radical (unpaired) electrons. The molecule has 1 aliphatic rings. The number of carbonyl (C=O) groups excluding carboxylic acids is 1. The molecule has 1 aliphatic heterocycles. The van der Waals surface area contributed by atoms with Gasteiger partial charge in [-0.3, -0.25) is 15.2 Å². The molecule has 11 heteroatoms. The average Bonchev–Trinajstić information content (AvgIpc) is 3.44. The van der Waals surface area contributed by atoms with Crippen LogP contribution in [0.1, 0.15) is 28.9 Å². The van der Waals surface area contributed by atoms with E-state index in [1.165, 1.54) is 10.4 Å². The van der Waals surface area contributed by atoms with Crippen LogP contribution in [0, 0.1) is 0 Å². The number of ether oxygens (including phenoxy) is 1. The number of benzene rings is 1. The number of aromatic amines is 1. The number of aromatic nitrogens is 3. The lowest BCUT2D eigenvalue weighted by atomic mass is 10.2. The quantitative estimate of drug-likeness (QED) is 0.600. The van der Waals surface area contributed by atoms with E-state index in [2.05, 4.69) is 20.5 Å². The summed E-state index contributed by atoms with van der Waals surface area (Å²) in [5.74, 6) is 0.525. The summed E-state index contributed by atoms with van der Waals surface area (Å²) in [5, 5.41) is 11.0. The fraction of sp³-hybridized carbons (Fsp3) is 0.316. The smallest absolute Gasteiger partial charge is 0.269 e. The molecule has 0 aliphatic carbocycles. The zero-order valence-corrected chi connectivity index (χ0v) is 17.9. The van der Waals surface area contributed by atoms with Gasteiger partial charge in [-0.2, -0.15) is 9.29 Å². The van der Waals surface area contributed by atoms with Crippen LogP contribution in [-0.4, -0.2) is 54.0 Å². The Hall–Kier alpha value is -2.76. The van der Waals surface area contributed by atoms with Crippen molar-refractivity contribution in [1.82, 2.24) is 19.5 Å². The van der Waals surface area contributed by atoms with Crippen LogP contribution in [0.4, 0.5) is 5.95 Å². The minimum absolute atomic E-state index is 0.0207. The summed E-state index contributed by atoms with van der Waals surface area (Å²) >= 11 is 1.07. The van der Waals surface area contributed by atoms with Gasteiger partial charge in [0.05, 0.1) is 12.7 Å². The van der Waals surface area contributed by atoms with E-state index in [4.69, 9.17) is 4.74 Å². The summed E-state index contributed by atoms with van der Waals surface area (Å²) in [6, 6.07) is 8.75. The number of hydrogen-bond donors (Lipinski definition) is 2. The summed E-state index contributed by atoms with van der Waals surface area (Å²) in [5.41, 5.74) is 0.692. The lowest BCUT2D eigenvalue weighted by Gasteiger charge is -2.25. The molecule has 1 amide bonds. The van der Waals surface area contributed by atoms with Crippen molar-refractivity contribution in [2.75, 3.05) is 25.5 Å². The molecule has 4 rings (SSSR count). The van der Waals surface area contributed by atoms with Crippen molar-refractivity contribution >= 4 is 33.2 Å². The Labute approximate surface area is 178 Å². The maximum Gasteiger partial charge on any atom is 0.269 e. The molecule has 3 heterocycles. The number of hydrogen-bond acceptors (Lipinski definition) is 7. The second-order valence-electron chi connectivity index (χ2n) is 6.74. The molecular formula is C19H21N5O4S2. The van der Waals surface area contributed by atoms with E-state index < -0.39 is 15.9 Å². The number of thiophene rings is 1. The fourth-order valence-electron chi connectivity index (χ4n) is 3.35. The number of para-hydroxylation sites is 1. The summed E-state index contributed by atoms with van der Waals surface area (Å²) in [6.07, 6.45) is 2.67. The van der Waals surface area contributed by atoms with Gasteiger partial charge in [0.1, 0.15) is 15.5 Å². The van der Waals surface area contributed by atoms with Crippen LogP contribution in [-0.2, 0) is 10.0 Å². The average molecular weight is 448 g/mol. The van der Waals surface area contributed by atoms with Crippen LogP contribution >= 0.6 is 11.3 Å². The van der Waals surface area contributed by atoms with Gasteiger partial charge in [-0.1, -0.05) is 18.6 Å². The number of nitrogens with zero attached hydrogens (tertiary/aromatic N) is 3. The van der Waals surface area contributed by atoms with Gasteiger partial charge in [0.25, 0.3) is 5.91 Å². The third-order valence-electron chi connectivity index (χ3n) is 4.84. The standard InChI is InChI=1S/C19H21N5O4S2/c1-28-14-8-4-3-7-13(14)17-20-19(23-22-17)21-18(25)16-15(9-12-29-16)30(26,27)24-10-5-2-6-11-24/h3-4,7-9,12H,2,5-6,10-11H2,1H3,(H2,20,21,22,23,25). The van der Waals surface area contributed by atoms with Crippen LogP contribution in [0.5, 0.6) is 5.75 Å². The molecular weight excluding hydrogens is 426 g/mol. The number of sulfonamides is 1. The van der Waals surface area contributed by atoms with Gasteiger partial charge in [-0.05, 0) is 36.4 Å². The molecule has 0 bridgehead atoms. The molecule has 1 saturated heterocycles. The van der Waals surface area contributed by atoms with Crippen molar-refractivity contribution < 1.29 is 17.9 Å². The Morgan fingerprint density at radius 3 is 2.73 bits per heavy atom. The molecule has 3 aromatic rings. The second-order valence-corrected chi connectivity index (χ2v) is 9.56. The zero-order chi connectivity index (χ0) is 21.1. The number of H-pyrrole nitrogens is 1. The van der Waals surface area contributed by atoms with Gasteiger partial charge in [0, 0.05) is 13.1 Å². The minimum atomic E-state index is -3.72. The number of nitrogens with one attached hydrogen (secondary N) is 2. The van der Waals surface area contributed by atoms with Crippen molar-refractivity contribution in [1.29, 1.82) is 0 Å². The molecule has 0 spiro atoms. The molecule has 158 valence electrons. The first-order valence-electron chi connectivity index (χ1n) is 9.45. The number of amides is 1. The molecule has 30 heavy (non-hydrogen) atoms. The monoisotopic (exact) mass is 447 g/mol. The fourth-order valence-corrected chi connectivity index (χ4v) is 6.16. The van der Waals surface area contributed by atoms with Crippen molar-refractivity contribution in [3.63, 3.8) is 0 Å². The van der Waals surface area contributed by atoms with E-state index >= 15 is 0 Å². The third-order valence-corrected chi connectivity index (χ3v) is 7.82. The van der Waals surface area contributed by atoms with E-state index in [9.17, 15) is 13.2 Å². The highest BCUT2D eigenvalue weighted by Gasteiger charge is 2.31. The number of rotatable bonds is 6. The van der Waals surface area contributed by atoms with Crippen LogP contribution < -0.4 is 10.1 Å². The van der Waals surface area contributed by atoms with Crippen molar-refractivity contribution in [2.24, 2.45) is 0 Å². The van der Waals surface area contributed by atoms with E-state index in [-0.39, 0.29) is 15.7 Å². The summed E-state index contributed by atoms with van der Waals surface area (Å²) in [6.45, 7) is 0.949. The first kappa shape index (κ1) is 20.5. The van der Waals surface area contributed by atoms with Gasteiger partial charge in [-0.15, -0.1) is 16.4 Å². The lowest BCUT2D eigenvalue weighted by Crippen LogP contribution is -2.36. The molecule has 0 unspecified atom stereocenters. The molecule has 9 nitrogen and oxygen atoms in total. The molecule has 0 saturated carbocycles. The Bertz CT molecular complexity index is 1150. The molecule has 1 fully saturated rings. The van der Waals surface area contributed by atoms with Gasteiger partial charge in [0.2, 0.25) is 16.0 Å². The van der Waals surface area contributed by atoms with Crippen molar-refractivity contribution in [2.45, 2.75) is 24.2 Å². The Morgan fingerprint density at radius 1 is 1.20 bits per heavy atom. The second kappa shape index (κ2) is 8.54. The first-order chi connectivity index (χ1) is 14.5.